The van der Waals surface area contributed by atoms with Crippen LogP contribution in [0.3, 0.4) is 0 Å². The Morgan fingerprint density at radius 3 is 2.80 bits per heavy atom. The summed E-state index contributed by atoms with van der Waals surface area (Å²) in [5.74, 6) is 0.0479. The van der Waals surface area contributed by atoms with E-state index in [0.29, 0.717) is 12.1 Å². The van der Waals surface area contributed by atoms with Gasteiger partial charge in [0.15, 0.2) is 0 Å². The first-order valence-corrected chi connectivity index (χ1v) is 5.16. The number of carbonyl (C=O) groups is 1. The summed E-state index contributed by atoms with van der Waals surface area (Å²) in [6, 6.07) is 0.126. The molecule has 0 spiro atoms. The number of nitrogens with one attached hydrogen (secondary N) is 1. The van der Waals surface area contributed by atoms with Crippen molar-refractivity contribution in [3.05, 3.63) is 17.0 Å². The monoisotopic (exact) mass is 208 g/mol. The van der Waals surface area contributed by atoms with Crippen molar-refractivity contribution in [2.24, 2.45) is 5.73 Å². The zero-order valence-electron chi connectivity index (χ0n) is 9.08. The molecular formula is C10H16N4O. The highest BCUT2D eigenvalue weighted by Gasteiger charge is 2.27. The van der Waals surface area contributed by atoms with Crippen molar-refractivity contribution < 1.29 is 4.79 Å². The van der Waals surface area contributed by atoms with Crippen molar-refractivity contribution in [3.63, 3.8) is 0 Å². The van der Waals surface area contributed by atoms with Crippen LogP contribution in [0.1, 0.15) is 28.2 Å². The maximum atomic E-state index is 12.1. The number of nitrogens with zero attached hydrogens (tertiary/aromatic N) is 2. The molecule has 1 saturated heterocycles. The molecule has 15 heavy (non-hydrogen) atoms. The summed E-state index contributed by atoms with van der Waals surface area (Å²) < 4.78 is 0. The molecule has 1 aliphatic heterocycles. The van der Waals surface area contributed by atoms with Gasteiger partial charge >= 0.3 is 0 Å². The third kappa shape index (κ3) is 1.74. The molecule has 3 N–H and O–H groups in total. The molecule has 0 radical (unpaired) electrons. The lowest BCUT2D eigenvalue weighted by molar-refractivity contribution is 0.0789. The predicted molar refractivity (Wildman–Crippen MR) is 56.6 cm³/mol. The quantitative estimate of drug-likeness (QED) is 0.692. The fraction of sp³-hybridized carbons (Fsp3) is 0.600. The molecule has 1 aromatic rings. The van der Waals surface area contributed by atoms with Gasteiger partial charge in [0.2, 0.25) is 0 Å². The lowest BCUT2D eigenvalue weighted by Crippen LogP contribution is -2.32. The second kappa shape index (κ2) is 3.66. The van der Waals surface area contributed by atoms with Gasteiger partial charge in [-0.15, -0.1) is 0 Å². The van der Waals surface area contributed by atoms with E-state index >= 15 is 0 Å². The van der Waals surface area contributed by atoms with Gasteiger partial charge in [-0.3, -0.25) is 9.89 Å². The molecule has 1 aromatic heterocycles. The normalized spacial score (nSPS) is 21.0. The molecule has 1 atom stereocenters. The van der Waals surface area contributed by atoms with Crippen LogP contribution in [0.5, 0.6) is 0 Å². The van der Waals surface area contributed by atoms with E-state index < -0.39 is 0 Å². The zero-order chi connectivity index (χ0) is 11.0. The zero-order valence-corrected chi connectivity index (χ0v) is 9.08. The number of aromatic amines is 1. The third-order valence-electron chi connectivity index (χ3n) is 2.85. The van der Waals surface area contributed by atoms with Gasteiger partial charge in [-0.2, -0.15) is 5.10 Å². The Morgan fingerprint density at radius 1 is 1.60 bits per heavy atom. The number of carbonyl (C=O) groups excluding carboxylic acids is 1. The third-order valence-corrected chi connectivity index (χ3v) is 2.85. The van der Waals surface area contributed by atoms with Crippen molar-refractivity contribution in [2.45, 2.75) is 26.3 Å². The van der Waals surface area contributed by atoms with Crippen molar-refractivity contribution in [2.75, 3.05) is 13.1 Å². The summed E-state index contributed by atoms with van der Waals surface area (Å²) in [4.78, 5) is 13.9. The van der Waals surface area contributed by atoms with Gasteiger partial charge in [0.05, 0.1) is 11.3 Å². The fourth-order valence-electron chi connectivity index (χ4n) is 2.00. The second-order valence-corrected chi connectivity index (χ2v) is 4.11. The standard InChI is InChI=1S/C10H16N4O/c1-6-9(7(2)13-12-6)10(15)14-4-3-8(11)5-14/h8H,3-5,11H2,1-2H3,(H,12,13)/t8-/m1/s1. The molecule has 0 saturated carbocycles. The molecular weight excluding hydrogens is 192 g/mol. The van der Waals surface area contributed by atoms with Crippen molar-refractivity contribution >= 4 is 5.91 Å². The van der Waals surface area contributed by atoms with Crippen LogP contribution in [-0.2, 0) is 0 Å². The minimum atomic E-state index is 0.0479. The number of H-pyrrole nitrogens is 1. The lowest BCUT2D eigenvalue weighted by Gasteiger charge is -2.15. The van der Waals surface area contributed by atoms with E-state index in [-0.39, 0.29) is 11.9 Å². The maximum Gasteiger partial charge on any atom is 0.257 e. The van der Waals surface area contributed by atoms with Gasteiger partial charge in [0.25, 0.3) is 5.91 Å². The molecule has 1 fully saturated rings. The SMILES string of the molecule is Cc1n[nH]c(C)c1C(=O)N1CC[C@@H](N)C1. The predicted octanol–water partition coefficient (Wildman–Crippen LogP) is 0.200. The highest BCUT2D eigenvalue weighted by Crippen LogP contribution is 2.16. The summed E-state index contributed by atoms with van der Waals surface area (Å²) in [5.41, 5.74) is 8.07. The molecule has 2 rings (SSSR count). The van der Waals surface area contributed by atoms with Crippen LogP contribution in [0.25, 0.3) is 0 Å². The first kappa shape index (κ1) is 10.2. The van der Waals surface area contributed by atoms with Crippen LogP contribution in [0.15, 0.2) is 0 Å². The smallest absolute Gasteiger partial charge is 0.257 e. The lowest BCUT2D eigenvalue weighted by atomic mass is 10.2. The van der Waals surface area contributed by atoms with Gasteiger partial charge < -0.3 is 10.6 Å². The number of amides is 1. The Morgan fingerprint density at radius 2 is 2.33 bits per heavy atom. The molecule has 0 bridgehead atoms. The van der Waals surface area contributed by atoms with Crippen molar-refractivity contribution in [1.29, 1.82) is 0 Å². The van der Waals surface area contributed by atoms with Crippen LogP contribution in [0.2, 0.25) is 0 Å². The molecule has 1 amide bonds. The summed E-state index contributed by atoms with van der Waals surface area (Å²) in [6.07, 6.45) is 0.891. The van der Waals surface area contributed by atoms with E-state index in [4.69, 9.17) is 5.73 Å². The molecule has 0 unspecified atom stereocenters. The Labute approximate surface area is 88.6 Å². The van der Waals surface area contributed by atoms with Crippen LogP contribution in [0.4, 0.5) is 0 Å². The molecule has 2 heterocycles. The highest BCUT2D eigenvalue weighted by atomic mass is 16.2. The number of nitrogens with two attached hydrogens (primary N) is 1. The van der Waals surface area contributed by atoms with Crippen LogP contribution in [0, 0.1) is 13.8 Å². The molecule has 5 heteroatoms. The minimum Gasteiger partial charge on any atom is -0.337 e. The Hall–Kier alpha value is -1.36. The van der Waals surface area contributed by atoms with Gasteiger partial charge in [0, 0.05) is 24.8 Å². The first-order valence-electron chi connectivity index (χ1n) is 5.16. The van der Waals surface area contributed by atoms with Crippen LogP contribution in [-0.4, -0.2) is 40.1 Å². The van der Waals surface area contributed by atoms with E-state index in [2.05, 4.69) is 10.2 Å². The molecule has 0 aromatic carbocycles. The fourth-order valence-corrected chi connectivity index (χ4v) is 2.00. The van der Waals surface area contributed by atoms with Crippen molar-refractivity contribution in [1.82, 2.24) is 15.1 Å². The second-order valence-electron chi connectivity index (χ2n) is 4.11. The number of aryl methyl sites for hydroxylation is 2. The number of hydrogen-bond donors (Lipinski definition) is 2. The first-order chi connectivity index (χ1) is 7.09. The van der Waals surface area contributed by atoms with Gasteiger partial charge in [-0.25, -0.2) is 0 Å². The summed E-state index contributed by atoms with van der Waals surface area (Å²) in [6.45, 7) is 5.11. The van der Waals surface area contributed by atoms with Crippen LogP contribution >= 0.6 is 0 Å². The van der Waals surface area contributed by atoms with Gasteiger partial charge in [-0.05, 0) is 20.3 Å². The summed E-state index contributed by atoms with van der Waals surface area (Å²) >= 11 is 0. The number of rotatable bonds is 1. The van der Waals surface area contributed by atoms with Crippen molar-refractivity contribution in [3.8, 4) is 0 Å². The van der Waals surface area contributed by atoms with E-state index in [1.807, 2.05) is 13.8 Å². The van der Waals surface area contributed by atoms with E-state index in [9.17, 15) is 4.79 Å². The van der Waals surface area contributed by atoms with E-state index in [1.165, 1.54) is 0 Å². The van der Waals surface area contributed by atoms with Gasteiger partial charge in [0.1, 0.15) is 0 Å². The molecule has 5 nitrogen and oxygen atoms in total. The number of aromatic nitrogens is 2. The van der Waals surface area contributed by atoms with E-state index in [1.54, 1.807) is 4.90 Å². The topological polar surface area (TPSA) is 75.0 Å². The maximum absolute atomic E-state index is 12.1. The van der Waals surface area contributed by atoms with Crippen LogP contribution < -0.4 is 5.73 Å². The van der Waals surface area contributed by atoms with E-state index in [0.717, 1.165) is 24.4 Å². The molecule has 0 aliphatic carbocycles. The minimum absolute atomic E-state index is 0.0479. The summed E-state index contributed by atoms with van der Waals surface area (Å²) in [5, 5.41) is 6.85. The Kier molecular flexibility index (Phi) is 2.48. The molecule has 82 valence electrons. The summed E-state index contributed by atoms with van der Waals surface area (Å²) in [7, 11) is 0. The molecule has 1 aliphatic rings. The average Bonchev–Trinajstić information content (AvgIpc) is 2.73. The highest BCUT2D eigenvalue weighted by molar-refractivity contribution is 5.96. The largest absolute Gasteiger partial charge is 0.337 e. The Bertz CT molecular complexity index is 365. The number of likely N-dealkylation sites (tertiary alicyclic amines) is 1. The Balaban J connectivity index is 2.21. The van der Waals surface area contributed by atoms with Gasteiger partial charge in [-0.1, -0.05) is 0 Å². The number of hydrogen-bond acceptors (Lipinski definition) is 3. The average molecular weight is 208 g/mol.